The van der Waals surface area contributed by atoms with Crippen molar-refractivity contribution in [2.75, 3.05) is 0 Å². The predicted octanol–water partition coefficient (Wildman–Crippen LogP) is 1.63. The van der Waals surface area contributed by atoms with E-state index in [1.165, 1.54) is 0 Å². The Labute approximate surface area is 81.3 Å². The molecular formula is C7H4F2N2O4. The summed E-state index contributed by atoms with van der Waals surface area (Å²) in [4.78, 5) is 22.8. The van der Waals surface area contributed by atoms with Gasteiger partial charge in [-0.15, -0.1) is 0 Å². The molecule has 80 valence electrons. The number of nitrogens with zero attached hydrogens (tertiary/aromatic N) is 2. The summed E-state index contributed by atoms with van der Waals surface area (Å²) in [5.74, 6) is -2.62. The minimum Gasteiger partial charge on any atom is -0.477 e. The minimum atomic E-state index is -2.92. The van der Waals surface area contributed by atoms with Gasteiger partial charge in [-0.25, -0.2) is 13.6 Å². The molecule has 0 aliphatic carbocycles. The Morgan fingerprint density at radius 2 is 2.20 bits per heavy atom. The maximum Gasteiger partial charge on any atom is 0.378 e. The molecule has 0 aromatic carbocycles. The van der Waals surface area contributed by atoms with Gasteiger partial charge >= 0.3 is 11.8 Å². The van der Waals surface area contributed by atoms with Crippen molar-refractivity contribution in [1.82, 2.24) is 4.98 Å². The van der Waals surface area contributed by atoms with Gasteiger partial charge in [-0.3, -0.25) is 0 Å². The fourth-order valence-corrected chi connectivity index (χ4v) is 0.896. The van der Waals surface area contributed by atoms with Crippen LogP contribution in [0.4, 0.5) is 14.6 Å². The first-order valence-corrected chi connectivity index (χ1v) is 3.59. The van der Waals surface area contributed by atoms with Gasteiger partial charge < -0.3 is 15.2 Å². The third-order valence-electron chi connectivity index (χ3n) is 1.54. The van der Waals surface area contributed by atoms with Crippen LogP contribution in [-0.2, 0) is 0 Å². The Kier molecular flexibility index (Phi) is 2.88. The van der Waals surface area contributed by atoms with E-state index in [0.29, 0.717) is 12.3 Å². The number of carboxylic acids is 1. The molecule has 0 unspecified atom stereocenters. The average Bonchev–Trinajstić information content (AvgIpc) is 2.16. The maximum atomic E-state index is 12.1. The predicted molar refractivity (Wildman–Crippen MR) is 42.8 cm³/mol. The summed E-state index contributed by atoms with van der Waals surface area (Å²) in [6.45, 7) is 0. The van der Waals surface area contributed by atoms with Crippen LogP contribution in [0.3, 0.4) is 0 Å². The molecule has 0 amide bonds. The first-order valence-electron chi connectivity index (χ1n) is 3.59. The van der Waals surface area contributed by atoms with Crippen LogP contribution >= 0.6 is 0 Å². The van der Waals surface area contributed by atoms with Gasteiger partial charge in [0.15, 0.2) is 5.56 Å². The molecule has 0 atom stereocenters. The first kappa shape index (κ1) is 11.0. The second-order valence-corrected chi connectivity index (χ2v) is 2.50. The van der Waals surface area contributed by atoms with Gasteiger partial charge in [0.05, 0.1) is 5.56 Å². The Hall–Kier alpha value is -2.12. The van der Waals surface area contributed by atoms with Crippen LogP contribution in [0.25, 0.3) is 0 Å². The lowest BCUT2D eigenvalue weighted by Crippen LogP contribution is -2.06. The topological polar surface area (TPSA) is 93.3 Å². The number of hydrogen-bond donors (Lipinski definition) is 1. The molecule has 0 aliphatic rings. The number of halogens is 2. The number of rotatable bonds is 3. The van der Waals surface area contributed by atoms with Gasteiger partial charge in [-0.1, -0.05) is 0 Å². The van der Waals surface area contributed by atoms with E-state index >= 15 is 0 Å². The number of aromatic carboxylic acids is 1. The maximum absolute atomic E-state index is 12.1. The molecule has 1 heterocycles. The minimum absolute atomic E-state index is 0.540. The summed E-state index contributed by atoms with van der Waals surface area (Å²) in [5, 5.41) is 18.8. The van der Waals surface area contributed by atoms with Crippen LogP contribution in [0.5, 0.6) is 0 Å². The summed E-state index contributed by atoms with van der Waals surface area (Å²) in [6, 6.07) is 0.540. The molecule has 15 heavy (non-hydrogen) atoms. The van der Waals surface area contributed by atoms with Crippen molar-refractivity contribution in [3.05, 3.63) is 33.5 Å². The number of pyridine rings is 1. The summed E-state index contributed by atoms with van der Waals surface area (Å²) < 4.78 is 24.3. The van der Waals surface area contributed by atoms with E-state index in [9.17, 15) is 23.7 Å². The van der Waals surface area contributed by atoms with Crippen molar-refractivity contribution in [3.63, 3.8) is 0 Å². The Bertz CT molecular complexity index is 421. The van der Waals surface area contributed by atoms with Crippen molar-refractivity contribution in [1.29, 1.82) is 0 Å². The highest BCUT2D eigenvalue weighted by atomic mass is 19.3. The highest BCUT2D eigenvalue weighted by Crippen LogP contribution is 2.23. The van der Waals surface area contributed by atoms with E-state index in [1.54, 1.807) is 0 Å². The van der Waals surface area contributed by atoms with Crippen molar-refractivity contribution >= 4 is 11.8 Å². The van der Waals surface area contributed by atoms with Gasteiger partial charge in [0.2, 0.25) is 0 Å². The largest absolute Gasteiger partial charge is 0.477 e. The molecule has 0 saturated heterocycles. The summed E-state index contributed by atoms with van der Waals surface area (Å²) >= 11 is 0. The zero-order valence-electron chi connectivity index (χ0n) is 7.05. The monoisotopic (exact) mass is 218 g/mol. The normalized spacial score (nSPS) is 10.3. The smallest absolute Gasteiger partial charge is 0.378 e. The number of carbonyl (C=O) groups is 1. The lowest BCUT2D eigenvalue weighted by molar-refractivity contribution is -0.389. The van der Waals surface area contributed by atoms with Crippen LogP contribution in [0.1, 0.15) is 22.3 Å². The number of aromatic nitrogens is 1. The first-order chi connectivity index (χ1) is 6.93. The molecule has 0 fully saturated rings. The molecule has 6 nitrogen and oxygen atoms in total. The van der Waals surface area contributed by atoms with Gasteiger partial charge in [-0.05, 0) is 16.0 Å². The molecule has 1 aromatic heterocycles. The Balaban J connectivity index is 3.33. The van der Waals surface area contributed by atoms with E-state index in [4.69, 9.17) is 5.11 Å². The zero-order valence-corrected chi connectivity index (χ0v) is 7.05. The van der Waals surface area contributed by atoms with E-state index in [0.717, 1.165) is 0 Å². The van der Waals surface area contributed by atoms with Gasteiger partial charge in [0.25, 0.3) is 6.43 Å². The summed E-state index contributed by atoms with van der Waals surface area (Å²) in [7, 11) is 0. The molecule has 0 spiro atoms. The highest BCUT2D eigenvalue weighted by Gasteiger charge is 2.24. The third kappa shape index (κ3) is 2.22. The molecule has 0 aliphatic heterocycles. The van der Waals surface area contributed by atoms with Crippen LogP contribution in [-0.4, -0.2) is 21.0 Å². The van der Waals surface area contributed by atoms with Crippen molar-refractivity contribution in [2.45, 2.75) is 6.43 Å². The molecule has 1 rings (SSSR count). The number of nitro groups is 1. The fraction of sp³-hybridized carbons (Fsp3) is 0.143. The van der Waals surface area contributed by atoms with Crippen LogP contribution in [0.2, 0.25) is 0 Å². The van der Waals surface area contributed by atoms with Crippen molar-refractivity contribution in [2.24, 2.45) is 0 Å². The lowest BCUT2D eigenvalue weighted by atomic mass is 10.2. The molecule has 0 radical (unpaired) electrons. The number of carboxylic acid groups (broad SMARTS) is 1. The van der Waals surface area contributed by atoms with E-state index < -0.39 is 34.3 Å². The standard InChI is InChI=1S/C7H4F2N2O4/c8-5(9)3-1-4(7(12)13)6(10-2-3)11(14)15/h1-2,5H,(H,12,13). The highest BCUT2D eigenvalue weighted by molar-refractivity contribution is 5.91. The number of alkyl halides is 2. The number of hydrogen-bond acceptors (Lipinski definition) is 4. The van der Waals surface area contributed by atoms with Gasteiger partial charge in [0, 0.05) is 0 Å². The Morgan fingerprint density at radius 1 is 1.60 bits per heavy atom. The fourth-order valence-electron chi connectivity index (χ4n) is 0.896. The summed E-state index contributed by atoms with van der Waals surface area (Å²) in [5.41, 5.74) is -1.52. The average molecular weight is 218 g/mol. The molecule has 0 saturated carbocycles. The van der Waals surface area contributed by atoms with Crippen LogP contribution in [0, 0.1) is 10.1 Å². The Morgan fingerprint density at radius 3 is 2.60 bits per heavy atom. The van der Waals surface area contributed by atoms with E-state index in [1.807, 2.05) is 0 Å². The zero-order chi connectivity index (χ0) is 11.6. The lowest BCUT2D eigenvalue weighted by Gasteiger charge is -2.00. The molecule has 1 aromatic rings. The quantitative estimate of drug-likeness (QED) is 0.614. The van der Waals surface area contributed by atoms with Crippen LogP contribution in [0.15, 0.2) is 12.3 Å². The second-order valence-electron chi connectivity index (χ2n) is 2.50. The second kappa shape index (κ2) is 3.95. The van der Waals surface area contributed by atoms with Crippen molar-refractivity contribution in [3.8, 4) is 0 Å². The summed E-state index contributed by atoms with van der Waals surface area (Å²) in [6.07, 6.45) is -2.34. The molecule has 0 bridgehead atoms. The molecule has 1 N–H and O–H groups in total. The van der Waals surface area contributed by atoms with Crippen LogP contribution < -0.4 is 0 Å². The third-order valence-corrected chi connectivity index (χ3v) is 1.54. The molecule has 8 heteroatoms. The SMILES string of the molecule is O=C(O)c1cc(C(F)F)cnc1[N+](=O)[O-]. The van der Waals surface area contributed by atoms with Crippen molar-refractivity contribution < 1.29 is 23.6 Å². The molecular weight excluding hydrogens is 214 g/mol. The van der Waals surface area contributed by atoms with E-state index in [-0.39, 0.29) is 0 Å². The van der Waals surface area contributed by atoms with E-state index in [2.05, 4.69) is 4.98 Å². The van der Waals surface area contributed by atoms with Gasteiger partial charge in [0.1, 0.15) is 6.20 Å². The van der Waals surface area contributed by atoms with Gasteiger partial charge in [-0.2, -0.15) is 0 Å².